The van der Waals surface area contributed by atoms with Crippen LogP contribution in [0.3, 0.4) is 0 Å². The van der Waals surface area contributed by atoms with E-state index in [0.717, 1.165) is 5.69 Å². The van der Waals surface area contributed by atoms with Crippen molar-refractivity contribution in [1.29, 1.82) is 0 Å². The second-order valence-corrected chi connectivity index (χ2v) is 1.79. The predicted molar refractivity (Wildman–Crippen MR) is 32.7 cm³/mol. The summed E-state index contributed by atoms with van der Waals surface area (Å²) in [5.41, 5.74) is 0.815. The number of H-pyrrole nitrogens is 1. The third-order valence-electron chi connectivity index (χ3n) is 0.942. The van der Waals surface area contributed by atoms with Crippen LogP contribution in [0.5, 0.6) is 0 Å². The molecule has 0 aromatic carbocycles. The van der Waals surface area contributed by atoms with Gasteiger partial charge in [-0.3, -0.25) is 0 Å². The van der Waals surface area contributed by atoms with E-state index in [1.54, 1.807) is 6.20 Å². The fourth-order valence-electron chi connectivity index (χ4n) is 0.594. The molecule has 0 amide bonds. The molecule has 0 saturated carbocycles. The van der Waals surface area contributed by atoms with Gasteiger partial charge in [0.2, 0.25) is 0 Å². The van der Waals surface area contributed by atoms with E-state index in [1.807, 2.05) is 0 Å². The van der Waals surface area contributed by atoms with Crippen LogP contribution < -0.4 is 0 Å². The number of hydrogen-bond donors (Lipinski definition) is 1. The number of aromatic nitrogens is 2. The van der Waals surface area contributed by atoms with E-state index in [-0.39, 0.29) is 38.5 Å². The molecule has 1 aromatic heterocycles. The first-order chi connectivity index (χ1) is 4.29. The Balaban J connectivity index is 0.000000810. The van der Waals surface area contributed by atoms with Crippen LogP contribution in [0.25, 0.3) is 0 Å². The number of nitrogens with one attached hydrogen (secondary N) is 1. The van der Waals surface area contributed by atoms with Gasteiger partial charge in [0.1, 0.15) is 0 Å². The Hall–Kier alpha value is -0.146. The number of carbonyl (C=O) groups is 1. The fraction of sp³-hybridized carbons (Fsp3) is 0.167. The standard InChI is InChI=1S/C6H7N2O.Y/c1-5(9)2-6-3-7-4-8-6;/h3-4H,1-2H2,(H,7,8);/q-1;+3. The smallest absolute Gasteiger partial charge is 0.348 e. The SMILES string of the molecule is [CH2-]C(=O)Cc1cnc[nH]1.[Y+3]. The first kappa shape index (κ1) is 9.85. The Kier molecular flexibility index (Phi) is 4.57. The van der Waals surface area contributed by atoms with Gasteiger partial charge < -0.3 is 16.7 Å². The molecule has 0 aliphatic rings. The van der Waals surface area contributed by atoms with Crippen LogP contribution >= 0.6 is 0 Å². The second-order valence-electron chi connectivity index (χ2n) is 1.79. The molecular formula is C6H7N2OY+2. The molecule has 1 heterocycles. The average molecular weight is 212 g/mol. The van der Waals surface area contributed by atoms with E-state index in [4.69, 9.17) is 0 Å². The van der Waals surface area contributed by atoms with Gasteiger partial charge in [-0.1, -0.05) is 0 Å². The third-order valence-corrected chi connectivity index (χ3v) is 0.942. The largest absolute Gasteiger partial charge is 3.00 e. The van der Waals surface area contributed by atoms with Crippen LogP contribution in [0.4, 0.5) is 0 Å². The molecule has 0 aliphatic heterocycles. The summed E-state index contributed by atoms with van der Waals surface area (Å²) in [6.45, 7) is 3.23. The zero-order valence-corrected chi connectivity index (χ0v) is 8.34. The van der Waals surface area contributed by atoms with Crippen LogP contribution in [0.15, 0.2) is 12.5 Å². The predicted octanol–water partition coefficient (Wildman–Crippen LogP) is 0.353. The summed E-state index contributed by atoms with van der Waals surface area (Å²) < 4.78 is 0. The zero-order valence-electron chi connectivity index (χ0n) is 5.50. The van der Waals surface area contributed by atoms with E-state index in [0.29, 0.717) is 6.42 Å². The molecule has 1 rings (SSSR count). The minimum absolute atomic E-state index is 0. The van der Waals surface area contributed by atoms with Gasteiger partial charge in [-0.05, 0) is 0 Å². The summed E-state index contributed by atoms with van der Waals surface area (Å²) in [7, 11) is 0. The molecule has 0 spiro atoms. The maximum Gasteiger partial charge on any atom is 3.00 e. The molecular weight excluding hydrogens is 205 g/mol. The summed E-state index contributed by atoms with van der Waals surface area (Å²) in [5.74, 6) is -0.0979. The van der Waals surface area contributed by atoms with Crippen molar-refractivity contribution in [3.8, 4) is 0 Å². The molecule has 0 bridgehead atoms. The molecule has 48 valence electrons. The molecule has 0 radical (unpaired) electrons. The molecule has 0 saturated heterocycles. The van der Waals surface area contributed by atoms with Crippen molar-refractivity contribution in [2.45, 2.75) is 6.42 Å². The monoisotopic (exact) mass is 212 g/mol. The normalized spacial score (nSPS) is 8.40. The summed E-state index contributed by atoms with van der Waals surface area (Å²) in [4.78, 5) is 16.9. The molecule has 0 fully saturated rings. The quantitative estimate of drug-likeness (QED) is 0.719. The van der Waals surface area contributed by atoms with Crippen LogP contribution in [0.1, 0.15) is 5.69 Å². The van der Waals surface area contributed by atoms with Gasteiger partial charge in [-0.2, -0.15) is 0 Å². The maximum absolute atomic E-state index is 10.4. The number of ketones is 1. The first-order valence-electron chi connectivity index (χ1n) is 2.61. The molecule has 4 heteroatoms. The fourth-order valence-corrected chi connectivity index (χ4v) is 0.594. The topological polar surface area (TPSA) is 45.8 Å². The van der Waals surface area contributed by atoms with Gasteiger partial charge >= 0.3 is 32.7 Å². The van der Waals surface area contributed by atoms with Gasteiger partial charge in [0.05, 0.1) is 6.33 Å². The van der Waals surface area contributed by atoms with Gasteiger partial charge in [0.25, 0.3) is 0 Å². The van der Waals surface area contributed by atoms with Crippen molar-refractivity contribution in [2.24, 2.45) is 0 Å². The van der Waals surface area contributed by atoms with Gasteiger partial charge in [0.15, 0.2) is 0 Å². The Labute approximate surface area is 84.5 Å². The molecule has 10 heavy (non-hydrogen) atoms. The molecule has 0 atom stereocenters. The van der Waals surface area contributed by atoms with Crippen LogP contribution in [0.2, 0.25) is 0 Å². The molecule has 0 aliphatic carbocycles. The van der Waals surface area contributed by atoms with Crippen molar-refractivity contribution in [3.05, 3.63) is 25.1 Å². The second kappa shape index (κ2) is 4.64. The first-order valence-corrected chi connectivity index (χ1v) is 2.61. The Morgan fingerprint density at radius 1 is 1.80 bits per heavy atom. The Morgan fingerprint density at radius 3 is 2.90 bits per heavy atom. The van der Waals surface area contributed by atoms with E-state index in [2.05, 4.69) is 16.9 Å². The molecule has 3 nitrogen and oxygen atoms in total. The summed E-state index contributed by atoms with van der Waals surface area (Å²) in [6.07, 6.45) is 3.50. The van der Waals surface area contributed by atoms with Crippen molar-refractivity contribution < 1.29 is 37.5 Å². The van der Waals surface area contributed by atoms with Crippen LogP contribution in [0, 0.1) is 6.92 Å². The summed E-state index contributed by atoms with van der Waals surface area (Å²) >= 11 is 0. The van der Waals surface area contributed by atoms with Gasteiger partial charge in [0, 0.05) is 24.1 Å². The zero-order chi connectivity index (χ0) is 6.69. The number of rotatable bonds is 2. The third kappa shape index (κ3) is 3.13. The van der Waals surface area contributed by atoms with E-state index < -0.39 is 0 Å². The average Bonchev–Trinajstić information content (AvgIpc) is 2.15. The molecule has 1 N–H and O–H groups in total. The van der Waals surface area contributed by atoms with Crippen LogP contribution in [-0.4, -0.2) is 15.8 Å². The van der Waals surface area contributed by atoms with E-state index in [9.17, 15) is 4.79 Å². The van der Waals surface area contributed by atoms with E-state index >= 15 is 0 Å². The summed E-state index contributed by atoms with van der Waals surface area (Å²) in [6, 6.07) is 0. The number of carbonyl (C=O) groups excluding carboxylic acids is 1. The summed E-state index contributed by atoms with van der Waals surface area (Å²) in [5, 5.41) is 0. The van der Waals surface area contributed by atoms with Crippen molar-refractivity contribution in [3.63, 3.8) is 0 Å². The minimum atomic E-state index is -0.0979. The number of Topliss-reactive ketones (excluding diaryl/α,β-unsaturated/α-hetero) is 1. The number of imidazole rings is 1. The van der Waals surface area contributed by atoms with Crippen molar-refractivity contribution in [2.75, 3.05) is 0 Å². The van der Waals surface area contributed by atoms with Gasteiger partial charge in [-0.15, -0.1) is 0 Å². The number of hydrogen-bond acceptors (Lipinski definition) is 2. The molecule has 1 aromatic rings. The van der Waals surface area contributed by atoms with Crippen molar-refractivity contribution >= 4 is 5.78 Å². The number of nitrogens with zero attached hydrogens (tertiary/aromatic N) is 1. The Bertz CT molecular complexity index is 196. The van der Waals surface area contributed by atoms with Crippen molar-refractivity contribution in [1.82, 2.24) is 9.97 Å². The Morgan fingerprint density at radius 2 is 2.50 bits per heavy atom. The maximum atomic E-state index is 10.4. The minimum Gasteiger partial charge on any atom is -0.348 e. The van der Waals surface area contributed by atoms with Crippen LogP contribution in [-0.2, 0) is 43.9 Å². The number of aromatic amines is 1. The van der Waals surface area contributed by atoms with Gasteiger partial charge in [-0.25, -0.2) is 4.98 Å². The van der Waals surface area contributed by atoms with E-state index in [1.165, 1.54) is 6.33 Å². The molecule has 0 unspecified atom stereocenters.